The van der Waals surface area contributed by atoms with Crippen molar-refractivity contribution < 1.29 is 9.50 Å². The number of halogens is 1. The number of aliphatic hydroxyl groups excluding tert-OH is 1. The van der Waals surface area contributed by atoms with Gasteiger partial charge in [0.05, 0.1) is 12.8 Å². The monoisotopic (exact) mass is 160 g/mol. The Balaban J connectivity index is 2.18. The third-order valence-electron chi connectivity index (χ3n) is 2.58. The van der Waals surface area contributed by atoms with Gasteiger partial charge in [-0.1, -0.05) is 12.8 Å². The molecule has 0 aliphatic heterocycles. The maximum Gasteiger partial charge on any atom is 0.0894 e. The Hall–Kier alpha value is -0.110. The van der Waals surface area contributed by atoms with Crippen LogP contribution in [0, 0.1) is 5.92 Å². The standard InChI is InChI=1S/C9H17FO/c10-7-3-5-8-4-1-2-6-9(8)11/h8-9,11H,1-7H2. The van der Waals surface area contributed by atoms with Crippen molar-refractivity contribution in [3.05, 3.63) is 0 Å². The predicted octanol–water partition coefficient (Wildman–Crippen LogP) is 2.29. The van der Waals surface area contributed by atoms with Crippen LogP contribution in [0.15, 0.2) is 0 Å². The lowest BCUT2D eigenvalue weighted by Crippen LogP contribution is -2.24. The summed E-state index contributed by atoms with van der Waals surface area (Å²) in [6, 6.07) is 0. The van der Waals surface area contributed by atoms with Crippen molar-refractivity contribution in [3.8, 4) is 0 Å². The van der Waals surface area contributed by atoms with E-state index in [4.69, 9.17) is 0 Å². The van der Waals surface area contributed by atoms with E-state index in [0.29, 0.717) is 12.3 Å². The van der Waals surface area contributed by atoms with Crippen LogP contribution in [-0.4, -0.2) is 17.9 Å². The Morgan fingerprint density at radius 3 is 2.64 bits per heavy atom. The largest absolute Gasteiger partial charge is 0.393 e. The van der Waals surface area contributed by atoms with E-state index in [2.05, 4.69) is 0 Å². The van der Waals surface area contributed by atoms with Gasteiger partial charge in [-0.05, 0) is 31.6 Å². The number of alkyl halides is 1. The molecular weight excluding hydrogens is 143 g/mol. The predicted molar refractivity (Wildman–Crippen MR) is 43.2 cm³/mol. The van der Waals surface area contributed by atoms with Crippen molar-refractivity contribution in [3.63, 3.8) is 0 Å². The second-order valence-corrected chi connectivity index (χ2v) is 3.44. The maximum absolute atomic E-state index is 11.8. The summed E-state index contributed by atoms with van der Waals surface area (Å²) in [4.78, 5) is 0. The van der Waals surface area contributed by atoms with Crippen LogP contribution < -0.4 is 0 Å². The molecule has 0 amide bonds. The molecule has 1 rings (SSSR count). The van der Waals surface area contributed by atoms with Crippen LogP contribution in [0.2, 0.25) is 0 Å². The Kier molecular flexibility index (Phi) is 3.84. The molecule has 2 unspecified atom stereocenters. The van der Waals surface area contributed by atoms with Crippen LogP contribution in [0.1, 0.15) is 38.5 Å². The second kappa shape index (κ2) is 4.70. The van der Waals surface area contributed by atoms with Gasteiger partial charge in [0.15, 0.2) is 0 Å². The fraction of sp³-hybridized carbons (Fsp3) is 1.00. The highest BCUT2D eigenvalue weighted by atomic mass is 19.1. The van der Waals surface area contributed by atoms with Gasteiger partial charge < -0.3 is 5.11 Å². The van der Waals surface area contributed by atoms with E-state index < -0.39 is 0 Å². The molecule has 0 saturated heterocycles. The zero-order valence-electron chi connectivity index (χ0n) is 6.93. The summed E-state index contributed by atoms with van der Waals surface area (Å²) < 4.78 is 11.8. The van der Waals surface area contributed by atoms with Gasteiger partial charge in [0.25, 0.3) is 0 Å². The summed E-state index contributed by atoms with van der Waals surface area (Å²) in [6.07, 6.45) is 5.74. The van der Waals surface area contributed by atoms with Crippen molar-refractivity contribution >= 4 is 0 Å². The average molecular weight is 160 g/mol. The van der Waals surface area contributed by atoms with E-state index in [-0.39, 0.29) is 12.8 Å². The van der Waals surface area contributed by atoms with Crippen molar-refractivity contribution in [2.45, 2.75) is 44.6 Å². The molecule has 0 radical (unpaired) electrons. The summed E-state index contributed by atoms with van der Waals surface area (Å²) in [5.41, 5.74) is 0. The van der Waals surface area contributed by atoms with E-state index in [1.54, 1.807) is 0 Å². The molecule has 0 spiro atoms. The molecular formula is C9H17FO. The van der Waals surface area contributed by atoms with Gasteiger partial charge in [0.1, 0.15) is 0 Å². The van der Waals surface area contributed by atoms with Crippen molar-refractivity contribution in [1.82, 2.24) is 0 Å². The van der Waals surface area contributed by atoms with Gasteiger partial charge in [0, 0.05) is 0 Å². The number of hydrogen-bond acceptors (Lipinski definition) is 1. The molecule has 1 nitrogen and oxygen atoms in total. The van der Waals surface area contributed by atoms with E-state index >= 15 is 0 Å². The highest BCUT2D eigenvalue weighted by Crippen LogP contribution is 2.27. The first-order valence-corrected chi connectivity index (χ1v) is 4.58. The summed E-state index contributed by atoms with van der Waals surface area (Å²) in [7, 11) is 0. The van der Waals surface area contributed by atoms with Crippen molar-refractivity contribution in [2.24, 2.45) is 5.92 Å². The molecule has 0 aromatic heterocycles. The van der Waals surface area contributed by atoms with Crippen LogP contribution in [0.3, 0.4) is 0 Å². The molecule has 2 atom stereocenters. The highest BCUT2D eigenvalue weighted by molar-refractivity contribution is 4.73. The highest BCUT2D eigenvalue weighted by Gasteiger charge is 2.21. The molecule has 66 valence electrons. The number of rotatable bonds is 3. The topological polar surface area (TPSA) is 20.2 Å². The Bertz CT molecular complexity index is 106. The third kappa shape index (κ3) is 2.78. The molecule has 0 aromatic rings. The lowest BCUT2D eigenvalue weighted by atomic mass is 9.84. The van der Waals surface area contributed by atoms with Crippen molar-refractivity contribution in [2.75, 3.05) is 6.67 Å². The Labute approximate surface area is 67.6 Å². The molecule has 1 N–H and O–H groups in total. The molecule has 1 saturated carbocycles. The van der Waals surface area contributed by atoms with Crippen LogP contribution in [-0.2, 0) is 0 Å². The molecule has 0 aromatic carbocycles. The molecule has 1 aliphatic carbocycles. The summed E-state index contributed by atoms with van der Waals surface area (Å²) in [5, 5.41) is 9.47. The van der Waals surface area contributed by atoms with E-state index in [1.165, 1.54) is 6.42 Å². The molecule has 0 heterocycles. The summed E-state index contributed by atoms with van der Waals surface area (Å²) in [5.74, 6) is 0.388. The fourth-order valence-electron chi connectivity index (χ4n) is 1.86. The van der Waals surface area contributed by atoms with E-state index in [0.717, 1.165) is 25.7 Å². The van der Waals surface area contributed by atoms with E-state index in [1.807, 2.05) is 0 Å². The van der Waals surface area contributed by atoms with Gasteiger partial charge in [-0.2, -0.15) is 0 Å². The smallest absolute Gasteiger partial charge is 0.0894 e. The first-order chi connectivity index (χ1) is 5.34. The van der Waals surface area contributed by atoms with Crippen LogP contribution in [0.5, 0.6) is 0 Å². The summed E-state index contributed by atoms with van der Waals surface area (Å²) >= 11 is 0. The molecule has 2 heteroatoms. The Morgan fingerprint density at radius 2 is 2.00 bits per heavy atom. The van der Waals surface area contributed by atoms with Crippen molar-refractivity contribution in [1.29, 1.82) is 0 Å². The minimum atomic E-state index is -0.233. The zero-order valence-corrected chi connectivity index (χ0v) is 6.93. The molecule has 0 bridgehead atoms. The van der Waals surface area contributed by atoms with Gasteiger partial charge in [0.2, 0.25) is 0 Å². The van der Waals surface area contributed by atoms with Gasteiger partial charge in [-0.25, -0.2) is 0 Å². The quantitative estimate of drug-likeness (QED) is 0.671. The number of aliphatic hydroxyl groups is 1. The molecule has 1 fully saturated rings. The van der Waals surface area contributed by atoms with Crippen LogP contribution in [0.25, 0.3) is 0 Å². The SMILES string of the molecule is OC1CCCCC1CCCF. The second-order valence-electron chi connectivity index (χ2n) is 3.44. The minimum Gasteiger partial charge on any atom is -0.393 e. The van der Waals surface area contributed by atoms with Gasteiger partial charge >= 0.3 is 0 Å². The lowest BCUT2D eigenvalue weighted by molar-refractivity contribution is 0.0633. The maximum atomic E-state index is 11.8. The Morgan fingerprint density at radius 1 is 1.27 bits per heavy atom. The molecule has 11 heavy (non-hydrogen) atoms. The normalized spacial score (nSPS) is 32.2. The van der Waals surface area contributed by atoms with Crippen LogP contribution >= 0.6 is 0 Å². The van der Waals surface area contributed by atoms with Crippen LogP contribution in [0.4, 0.5) is 4.39 Å². The number of hydrogen-bond donors (Lipinski definition) is 1. The first-order valence-electron chi connectivity index (χ1n) is 4.58. The van der Waals surface area contributed by atoms with E-state index in [9.17, 15) is 9.50 Å². The fourth-order valence-corrected chi connectivity index (χ4v) is 1.86. The lowest BCUT2D eigenvalue weighted by Gasteiger charge is -2.27. The third-order valence-corrected chi connectivity index (χ3v) is 2.58. The summed E-state index contributed by atoms with van der Waals surface area (Å²) in [6.45, 7) is -0.233. The van der Waals surface area contributed by atoms with Gasteiger partial charge in [-0.15, -0.1) is 0 Å². The zero-order chi connectivity index (χ0) is 8.10. The average Bonchev–Trinajstić information content (AvgIpc) is 2.03. The minimum absolute atomic E-state index is 0.143. The molecule has 1 aliphatic rings. The first kappa shape index (κ1) is 8.98. The van der Waals surface area contributed by atoms with Gasteiger partial charge in [-0.3, -0.25) is 4.39 Å².